The number of aromatic nitrogens is 1. The molecule has 0 aliphatic heterocycles. The standard InChI is InChI=1S/C15H11F3N2/c1-10(12-4-2-11(8-19)3-5-12)13-6-7-14(20-9-13)15(16,17)18/h2-7,9-10H,1H3. The van der Waals surface area contributed by atoms with Crippen molar-refractivity contribution in [3.05, 3.63) is 65.0 Å². The molecule has 0 bridgehead atoms. The van der Waals surface area contributed by atoms with Crippen molar-refractivity contribution in [2.24, 2.45) is 0 Å². The first-order valence-corrected chi connectivity index (χ1v) is 5.95. The number of nitriles is 1. The summed E-state index contributed by atoms with van der Waals surface area (Å²) >= 11 is 0. The third-order valence-electron chi connectivity index (χ3n) is 3.12. The first-order valence-electron chi connectivity index (χ1n) is 5.95. The summed E-state index contributed by atoms with van der Waals surface area (Å²) < 4.78 is 37.3. The van der Waals surface area contributed by atoms with Gasteiger partial charge < -0.3 is 0 Å². The van der Waals surface area contributed by atoms with E-state index in [1.54, 1.807) is 24.3 Å². The Balaban J connectivity index is 2.24. The van der Waals surface area contributed by atoms with Crippen molar-refractivity contribution in [3.63, 3.8) is 0 Å². The fraction of sp³-hybridized carbons (Fsp3) is 0.200. The highest BCUT2D eigenvalue weighted by Gasteiger charge is 2.32. The molecule has 20 heavy (non-hydrogen) atoms. The summed E-state index contributed by atoms with van der Waals surface area (Å²) in [7, 11) is 0. The molecule has 1 heterocycles. The number of benzene rings is 1. The van der Waals surface area contributed by atoms with Gasteiger partial charge in [-0.3, -0.25) is 4.98 Å². The van der Waals surface area contributed by atoms with Gasteiger partial charge in [-0.05, 0) is 29.3 Å². The number of alkyl halides is 3. The predicted molar refractivity (Wildman–Crippen MR) is 67.9 cm³/mol. The molecule has 102 valence electrons. The molecule has 0 spiro atoms. The van der Waals surface area contributed by atoms with Crippen molar-refractivity contribution < 1.29 is 13.2 Å². The van der Waals surface area contributed by atoms with Crippen molar-refractivity contribution in [1.82, 2.24) is 4.98 Å². The SMILES string of the molecule is CC(c1ccc(C#N)cc1)c1ccc(C(F)(F)F)nc1. The van der Waals surface area contributed by atoms with Crippen LogP contribution < -0.4 is 0 Å². The van der Waals surface area contributed by atoms with Crippen molar-refractivity contribution >= 4 is 0 Å². The number of hydrogen-bond donors (Lipinski definition) is 0. The predicted octanol–water partition coefficient (Wildman–Crippen LogP) is 4.12. The second-order valence-electron chi connectivity index (χ2n) is 4.43. The molecule has 5 heteroatoms. The van der Waals surface area contributed by atoms with Gasteiger partial charge in [0.15, 0.2) is 0 Å². The highest BCUT2D eigenvalue weighted by molar-refractivity contribution is 5.36. The molecule has 0 amide bonds. The molecule has 0 fully saturated rings. The Morgan fingerprint density at radius 1 is 1.05 bits per heavy atom. The molecule has 2 rings (SSSR count). The highest BCUT2D eigenvalue weighted by atomic mass is 19.4. The van der Waals surface area contributed by atoms with Crippen LogP contribution in [0.25, 0.3) is 0 Å². The van der Waals surface area contributed by atoms with Crippen molar-refractivity contribution in [2.75, 3.05) is 0 Å². The Hall–Kier alpha value is -2.35. The van der Waals surface area contributed by atoms with Gasteiger partial charge in [-0.2, -0.15) is 18.4 Å². The van der Waals surface area contributed by atoms with Crippen LogP contribution in [0, 0.1) is 11.3 Å². The van der Waals surface area contributed by atoms with Gasteiger partial charge in [-0.25, -0.2) is 0 Å². The summed E-state index contributed by atoms with van der Waals surface area (Å²) in [6.07, 6.45) is -3.18. The molecule has 0 radical (unpaired) electrons. The van der Waals surface area contributed by atoms with Crippen LogP contribution in [0.3, 0.4) is 0 Å². The molecule has 1 aromatic heterocycles. The van der Waals surface area contributed by atoms with Gasteiger partial charge in [-0.1, -0.05) is 25.1 Å². The summed E-state index contributed by atoms with van der Waals surface area (Å²) in [5, 5.41) is 8.72. The Bertz CT molecular complexity index is 622. The van der Waals surface area contributed by atoms with Gasteiger partial charge >= 0.3 is 6.18 Å². The lowest BCUT2D eigenvalue weighted by Gasteiger charge is -2.13. The molecule has 2 aromatic rings. The van der Waals surface area contributed by atoms with Crippen molar-refractivity contribution in [1.29, 1.82) is 5.26 Å². The maximum absolute atomic E-state index is 12.4. The zero-order valence-electron chi connectivity index (χ0n) is 10.6. The van der Waals surface area contributed by atoms with Crippen molar-refractivity contribution in [3.8, 4) is 6.07 Å². The van der Waals surface area contributed by atoms with E-state index in [9.17, 15) is 13.2 Å². The van der Waals surface area contributed by atoms with Crippen LogP contribution in [0.15, 0.2) is 42.6 Å². The van der Waals surface area contributed by atoms with E-state index in [4.69, 9.17) is 5.26 Å². The minimum atomic E-state index is -4.42. The second kappa shape index (κ2) is 5.33. The first-order chi connectivity index (χ1) is 9.41. The molecule has 1 aromatic carbocycles. The van der Waals surface area contributed by atoms with Crippen LogP contribution in [-0.2, 0) is 6.18 Å². The Labute approximate surface area is 114 Å². The molecular weight excluding hydrogens is 265 g/mol. The monoisotopic (exact) mass is 276 g/mol. The topological polar surface area (TPSA) is 36.7 Å². The fourth-order valence-electron chi connectivity index (χ4n) is 1.87. The maximum atomic E-state index is 12.4. The minimum absolute atomic E-state index is 0.0856. The smallest absolute Gasteiger partial charge is 0.251 e. The van der Waals surface area contributed by atoms with Gasteiger partial charge in [0.1, 0.15) is 5.69 Å². The largest absolute Gasteiger partial charge is 0.433 e. The Kier molecular flexibility index (Phi) is 3.75. The molecule has 1 atom stereocenters. The number of pyridine rings is 1. The Morgan fingerprint density at radius 3 is 2.10 bits per heavy atom. The molecular formula is C15H11F3N2. The van der Waals surface area contributed by atoms with Gasteiger partial charge in [0, 0.05) is 12.1 Å². The highest BCUT2D eigenvalue weighted by Crippen LogP contribution is 2.29. The van der Waals surface area contributed by atoms with E-state index in [0.717, 1.165) is 11.6 Å². The minimum Gasteiger partial charge on any atom is -0.251 e. The molecule has 0 aliphatic rings. The summed E-state index contributed by atoms with van der Waals surface area (Å²) in [6, 6.07) is 11.4. The first kappa shape index (κ1) is 14.1. The maximum Gasteiger partial charge on any atom is 0.433 e. The molecule has 0 saturated heterocycles. The summed E-state index contributed by atoms with van der Waals surface area (Å²) in [4.78, 5) is 3.45. The average molecular weight is 276 g/mol. The van der Waals surface area contributed by atoms with E-state index in [2.05, 4.69) is 4.98 Å². The van der Waals surface area contributed by atoms with E-state index < -0.39 is 11.9 Å². The second-order valence-corrected chi connectivity index (χ2v) is 4.43. The lowest BCUT2D eigenvalue weighted by atomic mass is 9.93. The van der Waals surface area contributed by atoms with Crippen LogP contribution in [0.1, 0.15) is 35.2 Å². The molecule has 1 unspecified atom stereocenters. The zero-order valence-corrected chi connectivity index (χ0v) is 10.6. The van der Waals surface area contributed by atoms with Gasteiger partial charge in [-0.15, -0.1) is 0 Å². The van der Waals surface area contributed by atoms with Crippen LogP contribution in [-0.4, -0.2) is 4.98 Å². The Morgan fingerprint density at radius 2 is 1.65 bits per heavy atom. The number of nitrogens with zero attached hydrogens (tertiary/aromatic N) is 2. The third-order valence-corrected chi connectivity index (χ3v) is 3.12. The van der Waals surface area contributed by atoms with Crippen LogP contribution in [0.4, 0.5) is 13.2 Å². The van der Waals surface area contributed by atoms with E-state index in [1.807, 2.05) is 13.0 Å². The normalized spacial score (nSPS) is 12.8. The lowest BCUT2D eigenvalue weighted by molar-refractivity contribution is -0.141. The summed E-state index contributed by atoms with van der Waals surface area (Å²) in [6.45, 7) is 1.88. The van der Waals surface area contributed by atoms with Crippen LogP contribution in [0.5, 0.6) is 0 Å². The van der Waals surface area contributed by atoms with Gasteiger partial charge in [0.05, 0.1) is 11.6 Å². The van der Waals surface area contributed by atoms with E-state index in [-0.39, 0.29) is 5.92 Å². The quantitative estimate of drug-likeness (QED) is 0.827. The van der Waals surface area contributed by atoms with E-state index >= 15 is 0 Å². The molecule has 0 saturated carbocycles. The summed E-state index contributed by atoms with van der Waals surface area (Å²) in [5.74, 6) is -0.0856. The number of rotatable bonds is 2. The van der Waals surface area contributed by atoms with Gasteiger partial charge in [0.2, 0.25) is 0 Å². The lowest BCUT2D eigenvalue weighted by Crippen LogP contribution is -2.08. The molecule has 0 aliphatic carbocycles. The number of hydrogen-bond acceptors (Lipinski definition) is 2. The van der Waals surface area contributed by atoms with E-state index in [0.29, 0.717) is 11.1 Å². The van der Waals surface area contributed by atoms with Crippen molar-refractivity contribution in [2.45, 2.75) is 19.0 Å². The third kappa shape index (κ3) is 2.97. The molecule has 2 nitrogen and oxygen atoms in total. The van der Waals surface area contributed by atoms with E-state index in [1.165, 1.54) is 12.3 Å². The van der Waals surface area contributed by atoms with Crippen LogP contribution in [0.2, 0.25) is 0 Å². The van der Waals surface area contributed by atoms with Crippen LogP contribution >= 0.6 is 0 Å². The molecule has 0 N–H and O–H groups in total. The average Bonchev–Trinajstić information content (AvgIpc) is 2.46. The fourth-order valence-corrected chi connectivity index (χ4v) is 1.87. The summed E-state index contributed by atoms with van der Waals surface area (Å²) in [5.41, 5.74) is 1.27. The van der Waals surface area contributed by atoms with Gasteiger partial charge in [0.25, 0.3) is 0 Å². The zero-order chi connectivity index (χ0) is 14.8. The number of halogens is 3.